The summed E-state index contributed by atoms with van der Waals surface area (Å²) < 4.78 is 45.5. The third kappa shape index (κ3) is 8.57. The summed E-state index contributed by atoms with van der Waals surface area (Å²) in [5, 5.41) is 3.29. The van der Waals surface area contributed by atoms with Crippen molar-refractivity contribution in [1.82, 2.24) is 10.2 Å². The van der Waals surface area contributed by atoms with Crippen LogP contribution in [0.4, 0.5) is 5.69 Å². The number of nitrogens with zero attached hydrogens (tertiary/aromatic N) is 2. The maximum Gasteiger partial charge on any atom is 0.264 e. The topological polar surface area (TPSA) is 114 Å². The first-order valence-corrected chi connectivity index (χ1v) is 16.2. The van der Waals surface area contributed by atoms with Crippen LogP contribution < -0.4 is 23.8 Å². The average Bonchev–Trinajstić information content (AvgIpc) is 3.03. The normalized spacial score (nSPS) is 11.8. The van der Waals surface area contributed by atoms with E-state index in [2.05, 4.69) is 5.32 Å². The summed E-state index contributed by atoms with van der Waals surface area (Å²) in [4.78, 5) is 28.5. The Bertz CT molecular complexity index is 1520. The van der Waals surface area contributed by atoms with Crippen molar-refractivity contribution in [2.75, 3.05) is 38.2 Å². The minimum atomic E-state index is -4.33. The number of methoxy groups -OCH3 is 2. The third-order valence-corrected chi connectivity index (χ3v) is 9.09. The maximum absolute atomic E-state index is 14.2. The Kier molecular flexibility index (Phi) is 12.7. The van der Waals surface area contributed by atoms with Gasteiger partial charge in [-0.25, -0.2) is 8.42 Å². The Morgan fingerprint density at radius 2 is 1.64 bits per heavy atom. The van der Waals surface area contributed by atoms with Crippen LogP contribution in [0, 0.1) is 0 Å². The fourth-order valence-corrected chi connectivity index (χ4v) is 6.06. The molecule has 0 bridgehead atoms. The number of nitrogens with one attached hydrogen (secondary N) is 1. The van der Waals surface area contributed by atoms with E-state index in [1.54, 1.807) is 55.5 Å². The van der Waals surface area contributed by atoms with Gasteiger partial charge in [0.1, 0.15) is 18.3 Å². The summed E-state index contributed by atoms with van der Waals surface area (Å²) in [6.07, 6.45) is 1.67. The number of hydrogen-bond acceptors (Lipinski definition) is 7. The monoisotopic (exact) mass is 645 g/mol. The van der Waals surface area contributed by atoms with Crippen LogP contribution in [-0.2, 0) is 26.2 Å². The first-order valence-electron chi connectivity index (χ1n) is 14.4. The van der Waals surface area contributed by atoms with E-state index in [1.165, 1.54) is 37.3 Å². The van der Waals surface area contributed by atoms with Crippen LogP contribution >= 0.6 is 11.6 Å². The van der Waals surface area contributed by atoms with Crippen molar-refractivity contribution < 1.29 is 32.2 Å². The molecule has 2 amide bonds. The third-order valence-electron chi connectivity index (χ3n) is 6.95. The fraction of sp³-hybridized carbons (Fsp3) is 0.375. The maximum atomic E-state index is 14.2. The number of carbonyl (C=O) groups excluding carboxylic acids is 2. The standard InChI is InChI=1S/C32H40ClN3O7S/c1-6-8-19-34-32(38)23(3)35(21-24-11-9-10-12-28(24)33)31(37)22-36(25-13-15-26(16-14-25)43-7-2)44(39,40)27-17-18-29(41-4)30(20-27)42-5/h9-18,20,23H,6-8,19,21-22H2,1-5H3,(H,34,38)/t23-/m1/s1. The molecule has 1 N–H and O–H groups in total. The number of halogens is 1. The van der Waals surface area contributed by atoms with E-state index in [0.717, 1.165) is 17.1 Å². The molecule has 0 aliphatic carbocycles. The molecule has 0 heterocycles. The number of hydrogen-bond donors (Lipinski definition) is 1. The van der Waals surface area contributed by atoms with E-state index in [-0.39, 0.29) is 28.8 Å². The second-order valence-corrected chi connectivity index (χ2v) is 12.2. The molecule has 0 aliphatic heterocycles. The Hall–Kier alpha value is -3.96. The van der Waals surface area contributed by atoms with Gasteiger partial charge < -0.3 is 24.4 Å². The lowest BCUT2D eigenvalue weighted by Gasteiger charge is -2.32. The molecule has 10 nitrogen and oxygen atoms in total. The molecule has 238 valence electrons. The molecular weight excluding hydrogens is 606 g/mol. The Balaban J connectivity index is 2.07. The van der Waals surface area contributed by atoms with Gasteiger partial charge >= 0.3 is 0 Å². The predicted octanol–water partition coefficient (Wildman–Crippen LogP) is 5.28. The minimum absolute atomic E-state index is 0.00556. The van der Waals surface area contributed by atoms with Gasteiger partial charge in [0.25, 0.3) is 10.0 Å². The van der Waals surface area contributed by atoms with Gasteiger partial charge in [-0.2, -0.15) is 0 Å². The summed E-state index contributed by atoms with van der Waals surface area (Å²) in [6.45, 7) is 5.75. The van der Waals surface area contributed by atoms with Gasteiger partial charge in [0.2, 0.25) is 11.8 Å². The molecule has 1 atom stereocenters. The molecule has 3 rings (SSSR count). The number of sulfonamides is 1. The molecule has 0 radical (unpaired) electrons. The van der Waals surface area contributed by atoms with Crippen molar-refractivity contribution in [1.29, 1.82) is 0 Å². The van der Waals surface area contributed by atoms with Crippen molar-refractivity contribution in [3.05, 3.63) is 77.3 Å². The van der Waals surface area contributed by atoms with Crippen molar-refractivity contribution in [2.24, 2.45) is 0 Å². The van der Waals surface area contributed by atoms with Crippen LogP contribution in [-0.4, -0.2) is 65.1 Å². The van der Waals surface area contributed by atoms with E-state index in [4.69, 9.17) is 25.8 Å². The van der Waals surface area contributed by atoms with Crippen LogP contribution in [0.2, 0.25) is 5.02 Å². The Labute approximate surface area is 264 Å². The summed E-state index contributed by atoms with van der Waals surface area (Å²) in [7, 11) is -1.47. The number of anilines is 1. The van der Waals surface area contributed by atoms with Gasteiger partial charge in [-0.05, 0) is 68.3 Å². The zero-order chi connectivity index (χ0) is 32.3. The largest absolute Gasteiger partial charge is 0.494 e. The molecule has 3 aromatic carbocycles. The SMILES string of the molecule is CCCCNC(=O)[C@@H](C)N(Cc1ccccc1Cl)C(=O)CN(c1ccc(OCC)cc1)S(=O)(=O)c1ccc(OC)c(OC)c1. The van der Waals surface area contributed by atoms with Gasteiger partial charge in [-0.1, -0.05) is 43.1 Å². The van der Waals surface area contributed by atoms with Crippen LogP contribution in [0.1, 0.15) is 39.2 Å². The average molecular weight is 646 g/mol. The molecule has 0 aromatic heterocycles. The highest BCUT2D eigenvalue weighted by molar-refractivity contribution is 7.92. The van der Waals surface area contributed by atoms with E-state index in [9.17, 15) is 18.0 Å². The van der Waals surface area contributed by atoms with Crippen molar-refractivity contribution in [3.8, 4) is 17.2 Å². The highest BCUT2D eigenvalue weighted by atomic mass is 35.5. The zero-order valence-electron chi connectivity index (χ0n) is 25.7. The molecule has 0 saturated carbocycles. The number of benzene rings is 3. The Morgan fingerprint density at radius 1 is 0.955 bits per heavy atom. The number of rotatable bonds is 16. The smallest absolute Gasteiger partial charge is 0.264 e. The number of ether oxygens (including phenoxy) is 3. The Morgan fingerprint density at radius 3 is 2.25 bits per heavy atom. The molecule has 3 aromatic rings. The van der Waals surface area contributed by atoms with Crippen molar-refractivity contribution in [2.45, 2.75) is 51.1 Å². The van der Waals surface area contributed by atoms with E-state index in [1.807, 2.05) is 13.8 Å². The second-order valence-electron chi connectivity index (χ2n) is 9.89. The fourth-order valence-electron chi connectivity index (χ4n) is 4.44. The molecule has 44 heavy (non-hydrogen) atoms. The quantitative estimate of drug-likeness (QED) is 0.211. The summed E-state index contributed by atoms with van der Waals surface area (Å²) in [5.74, 6) is 0.159. The van der Waals surface area contributed by atoms with Crippen molar-refractivity contribution >= 4 is 39.1 Å². The van der Waals surface area contributed by atoms with Gasteiger partial charge in [-0.3, -0.25) is 13.9 Å². The van der Waals surface area contributed by atoms with E-state index in [0.29, 0.717) is 35.2 Å². The number of carbonyl (C=O) groups is 2. The molecular formula is C32H40ClN3O7S. The van der Waals surface area contributed by atoms with Gasteiger partial charge in [-0.15, -0.1) is 0 Å². The van der Waals surface area contributed by atoms with Crippen LogP contribution in [0.3, 0.4) is 0 Å². The number of amides is 2. The highest BCUT2D eigenvalue weighted by Crippen LogP contribution is 2.33. The number of unbranched alkanes of at least 4 members (excludes halogenated alkanes) is 1. The summed E-state index contributed by atoms with van der Waals surface area (Å²) in [6, 6.07) is 16.7. The summed E-state index contributed by atoms with van der Waals surface area (Å²) in [5.41, 5.74) is 0.848. The van der Waals surface area contributed by atoms with E-state index >= 15 is 0 Å². The second kappa shape index (κ2) is 16.2. The van der Waals surface area contributed by atoms with Crippen LogP contribution in [0.25, 0.3) is 0 Å². The molecule has 0 fully saturated rings. The zero-order valence-corrected chi connectivity index (χ0v) is 27.3. The molecule has 0 aliphatic rings. The minimum Gasteiger partial charge on any atom is -0.494 e. The molecule has 12 heteroatoms. The van der Waals surface area contributed by atoms with Gasteiger partial charge in [0.15, 0.2) is 11.5 Å². The summed E-state index contributed by atoms with van der Waals surface area (Å²) >= 11 is 6.43. The van der Waals surface area contributed by atoms with Gasteiger partial charge in [0.05, 0.1) is 31.4 Å². The molecule has 0 spiro atoms. The predicted molar refractivity (Wildman–Crippen MR) is 171 cm³/mol. The molecule has 0 unspecified atom stereocenters. The lowest BCUT2D eigenvalue weighted by molar-refractivity contribution is -0.139. The lowest BCUT2D eigenvalue weighted by Crippen LogP contribution is -2.51. The first kappa shape index (κ1) is 34.5. The highest BCUT2D eigenvalue weighted by Gasteiger charge is 2.33. The first-order chi connectivity index (χ1) is 21.1. The molecule has 0 saturated heterocycles. The van der Waals surface area contributed by atoms with Gasteiger partial charge in [0, 0.05) is 24.2 Å². The van der Waals surface area contributed by atoms with Crippen LogP contribution in [0.15, 0.2) is 71.6 Å². The lowest BCUT2D eigenvalue weighted by atomic mass is 10.1. The van der Waals surface area contributed by atoms with Crippen molar-refractivity contribution in [3.63, 3.8) is 0 Å². The van der Waals surface area contributed by atoms with E-state index < -0.39 is 28.5 Å². The van der Waals surface area contributed by atoms with Crippen LogP contribution in [0.5, 0.6) is 17.2 Å².